The van der Waals surface area contributed by atoms with Gasteiger partial charge >= 0.3 is 0 Å². The van der Waals surface area contributed by atoms with Crippen LogP contribution < -0.4 is 15.6 Å². The van der Waals surface area contributed by atoms with Gasteiger partial charge in [-0.05, 0) is 38.8 Å². The van der Waals surface area contributed by atoms with E-state index in [1.165, 1.54) is 0 Å². The summed E-state index contributed by atoms with van der Waals surface area (Å²) in [6, 6.07) is 8.49. The van der Waals surface area contributed by atoms with Crippen molar-refractivity contribution in [3.63, 3.8) is 0 Å². The highest BCUT2D eigenvalue weighted by Crippen LogP contribution is 2.37. The molecule has 0 aliphatic carbocycles. The van der Waals surface area contributed by atoms with E-state index < -0.39 is 0 Å². The number of amides is 1. The van der Waals surface area contributed by atoms with E-state index in [-0.39, 0.29) is 29.5 Å². The van der Waals surface area contributed by atoms with Gasteiger partial charge in [0.25, 0.3) is 0 Å². The highest BCUT2D eigenvalue weighted by molar-refractivity contribution is 5.80. The highest BCUT2D eigenvalue weighted by Gasteiger charge is 2.41. The number of para-hydroxylation sites is 1. The van der Waals surface area contributed by atoms with Crippen molar-refractivity contribution < 1.29 is 9.53 Å². The Balaban J connectivity index is 1.47. The number of hydrogen-bond donors (Lipinski definition) is 2. The summed E-state index contributed by atoms with van der Waals surface area (Å²) in [5.41, 5.74) is 7.24. The van der Waals surface area contributed by atoms with Crippen LogP contribution >= 0.6 is 0 Å². The van der Waals surface area contributed by atoms with Crippen LogP contribution in [0.3, 0.4) is 0 Å². The van der Waals surface area contributed by atoms with E-state index in [4.69, 9.17) is 4.74 Å². The van der Waals surface area contributed by atoms with Crippen LogP contribution in [0.1, 0.15) is 38.7 Å². The Hall–Kier alpha value is -1.85. The van der Waals surface area contributed by atoms with Crippen LogP contribution in [0.2, 0.25) is 0 Å². The standard InChI is InChI=1S/C20H27N3O2/c1-14-18(15(2)22-21-14)19(24)23-12-5-9-20(11-13-23)10-8-16-6-3-4-7-17(16)25-20/h3-4,6-8,10,14-15,18,21-22H,5,9,11-13H2,1-2H3. The van der Waals surface area contributed by atoms with Gasteiger partial charge in [0.15, 0.2) is 0 Å². The fourth-order valence-corrected chi connectivity index (χ4v) is 4.34. The summed E-state index contributed by atoms with van der Waals surface area (Å²) in [6.07, 6.45) is 7.14. The molecule has 3 heterocycles. The maximum absolute atomic E-state index is 13.0. The van der Waals surface area contributed by atoms with Gasteiger partial charge in [0.1, 0.15) is 11.4 Å². The fraction of sp³-hybridized carbons (Fsp3) is 0.550. The first-order valence-electron chi connectivity index (χ1n) is 9.35. The van der Waals surface area contributed by atoms with Gasteiger partial charge in [-0.1, -0.05) is 24.3 Å². The quantitative estimate of drug-likeness (QED) is 0.823. The molecule has 4 rings (SSSR count). The van der Waals surface area contributed by atoms with Crippen LogP contribution in [0.4, 0.5) is 0 Å². The Morgan fingerprint density at radius 1 is 1.16 bits per heavy atom. The molecule has 1 amide bonds. The molecular weight excluding hydrogens is 314 g/mol. The number of fused-ring (bicyclic) bond motifs is 1. The third kappa shape index (κ3) is 3.07. The Labute approximate surface area is 149 Å². The molecule has 5 heteroatoms. The predicted molar refractivity (Wildman–Crippen MR) is 98.0 cm³/mol. The van der Waals surface area contributed by atoms with E-state index in [1.807, 2.05) is 23.1 Å². The number of carbonyl (C=O) groups is 1. The molecule has 134 valence electrons. The molecule has 1 aromatic carbocycles. The first-order chi connectivity index (χ1) is 12.1. The van der Waals surface area contributed by atoms with Gasteiger partial charge in [-0.2, -0.15) is 0 Å². The van der Waals surface area contributed by atoms with Crippen molar-refractivity contribution in [1.29, 1.82) is 0 Å². The molecule has 0 aromatic heterocycles. The zero-order chi connectivity index (χ0) is 17.4. The van der Waals surface area contributed by atoms with Crippen LogP contribution in [0.25, 0.3) is 6.08 Å². The summed E-state index contributed by atoms with van der Waals surface area (Å²) >= 11 is 0. The number of likely N-dealkylation sites (tertiary alicyclic amines) is 1. The van der Waals surface area contributed by atoms with E-state index in [2.05, 4.69) is 42.9 Å². The average molecular weight is 341 g/mol. The summed E-state index contributed by atoms with van der Waals surface area (Å²) in [5.74, 6) is 1.21. The van der Waals surface area contributed by atoms with Crippen molar-refractivity contribution in [2.75, 3.05) is 13.1 Å². The van der Waals surface area contributed by atoms with E-state index in [0.717, 1.165) is 43.7 Å². The second-order valence-corrected chi connectivity index (χ2v) is 7.61. The minimum Gasteiger partial charge on any atom is -0.483 e. The lowest BCUT2D eigenvalue weighted by Crippen LogP contribution is -2.44. The number of ether oxygens (including phenoxy) is 1. The van der Waals surface area contributed by atoms with Gasteiger partial charge in [-0.25, -0.2) is 0 Å². The maximum atomic E-state index is 13.0. The van der Waals surface area contributed by atoms with E-state index in [1.54, 1.807) is 0 Å². The molecule has 2 N–H and O–H groups in total. The third-order valence-corrected chi connectivity index (χ3v) is 5.84. The number of rotatable bonds is 1. The summed E-state index contributed by atoms with van der Waals surface area (Å²) in [7, 11) is 0. The number of hydrazine groups is 1. The molecule has 2 fully saturated rings. The minimum absolute atomic E-state index is 0.00223. The van der Waals surface area contributed by atoms with Gasteiger partial charge in [0.2, 0.25) is 5.91 Å². The van der Waals surface area contributed by atoms with E-state index in [0.29, 0.717) is 0 Å². The molecule has 3 aliphatic heterocycles. The second-order valence-electron chi connectivity index (χ2n) is 7.61. The van der Waals surface area contributed by atoms with Crippen molar-refractivity contribution in [2.45, 2.75) is 50.8 Å². The first-order valence-corrected chi connectivity index (χ1v) is 9.35. The van der Waals surface area contributed by atoms with Gasteiger partial charge in [0, 0.05) is 37.2 Å². The largest absolute Gasteiger partial charge is 0.483 e. The zero-order valence-corrected chi connectivity index (χ0v) is 15.0. The zero-order valence-electron chi connectivity index (χ0n) is 15.0. The number of nitrogens with one attached hydrogen (secondary N) is 2. The van der Waals surface area contributed by atoms with Gasteiger partial charge in [-0.15, -0.1) is 0 Å². The topological polar surface area (TPSA) is 53.6 Å². The average Bonchev–Trinajstić information content (AvgIpc) is 2.83. The van der Waals surface area contributed by atoms with E-state index in [9.17, 15) is 4.79 Å². The molecule has 0 bridgehead atoms. The Morgan fingerprint density at radius 3 is 2.72 bits per heavy atom. The van der Waals surface area contributed by atoms with Gasteiger partial charge in [-0.3, -0.25) is 15.6 Å². The van der Waals surface area contributed by atoms with Crippen LogP contribution in [0, 0.1) is 5.92 Å². The molecule has 0 saturated carbocycles. The van der Waals surface area contributed by atoms with Crippen molar-refractivity contribution in [3.8, 4) is 5.75 Å². The van der Waals surface area contributed by atoms with Crippen LogP contribution in [-0.4, -0.2) is 41.6 Å². The van der Waals surface area contributed by atoms with Crippen molar-refractivity contribution in [2.24, 2.45) is 5.92 Å². The van der Waals surface area contributed by atoms with E-state index >= 15 is 0 Å². The Morgan fingerprint density at radius 2 is 1.92 bits per heavy atom. The molecule has 3 atom stereocenters. The SMILES string of the molecule is CC1NNC(C)C1C(=O)N1CCCC2(C=Cc3ccccc3O2)CC1. The molecule has 1 aromatic rings. The summed E-state index contributed by atoms with van der Waals surface area (Å²) in [4.78, 5) is 15.1. The van der Waals surface area contributed by atoms with Gasteiger partial charge in [0.05, 0.1) is 5.92 Å². The lowest BCUT2D eigenvalue weighted by molar-refractivity contribution is -0.136. The van der Waals surface area contributed by atoms with Crippen LogP contribution in [0.5, 0.6) is 5.75 Å². The summed E-state index contributed by atoms with van der Waals surface area (Å²) < 4.78 is 6.39. The van der Waals surface area contributed by atoms with Crippen LogP contribution in [-0.2, 0) is 4.79 Å². The lowest BCUT2D eigenvalue weighted by Gasteiger charge is -2.34. The van der Waals surface area contributed by atoms with Crippen molar-refractivity contribution in [3.05, 3.63) is 35.9 Å². The molecule has 0 radical (unpaired) electrons. The smallest absolute Gasteiger partial charge is 0.228 e. The number of nitrogens with zero attached hydrogens (tertiary/aromatic N) is 1. The number of hydrogen-bond acceptors (Lipinski definition) is 4. The maximum Gasteiger partial charge on any atom is 0.228 e. The van der Waals surface area contributed by atoms with Crippen molar-refractivity contribution in [1.82, 2.24) is 15.8 Å². The Kier molecular flexibility index (Phi) is 4.29. The van der Waals surface area contributed by atoms with Gasteiger partial charge < -0.3 is 9.64 Å². The fourth-order valence-electron chi connectivity index (χ4n) is 4.34. The highest BCUT2D eigenvalue weighted by atomic mass is 16.5. The molecule has 1 spiro atoms. The molecule has 2 saturated heterocycles. The lowest BCUT2D eigenvalue weighted by atomic mass is 9.91. The third-order valence-electron chi connectivity index (χ3n) is 5.84. The second kappa shape index (κ2) is 6.46. The molecule has 3 unspecified atom stereocenters. The minimum atomic E-state index is -0.271. The first kappa shape index (κ1) is 16.6. The summed E-state index contributed by atoms with van der Waals surface area (Å²) in [5, 5.41) is 0. The Bertz CT molecular complexity index is 679. The molecule has 5 nitrogen and oxygen atoms in total. The normalized spacial score (nSPS) is 34.5. The monoisotopic (exact) mass is 341 g/mol. The molecule has 3 aliphatic rings. The number of benzene rings is 1. The van der Waals surface area contributed by atoms with Crippen molar-refractivity contribution >= 4 is 12.0 Å². The summed E-state index contributed by atoms with van der Waals surface area (Å²) in [6.45, 7) is 5.71. The molecular formula is C20H27N3O2. The number of carbonyl (C=O) groups excluding carboxylic acids is 1. The predicted octanol–water partition coefficient (Wildman–Crippen LogP) is 2.34. The molecule has 25 heavy (non-hydrogen) atoms. The van der Waals surface area contributed by atoms with Crippen LogP contribution in [0.15, 0.2) is 30.3 Å².